The van der Waals surface area contributed by atoms with Crippen LogP contribution in [0.1, 0.15) is 49.2 Å². The number of hydrogen-bond acceptors (Lipinski definition) is 5. The Morgan fingerprint density at radius 2 is 1.97 bits per heavy atom. The highest BCUT2D eigenvalue weighted by Gasteiger charge is 2.31. The predicted octanol–water partition coefficient (Wildman–Crippen LogP) is 3.25. The minimum absolute atomic E-state index is 0.0674. The zero-order valence-electron chi connectivity index (χ0n) is 17.4. The van der Waals surface area contributed by atoms with E-state index in [1.54, 1.807) is 25.1 Å². The van der Waals surface area contributed by atoms with Crippen molar-refractivity contribution in [2.75, 3.05) is 26.8 Å². The molecular formula is C22H29N3O4. The Hall–Kier alpha value is -2.83. The lowest BCUT2D eigenvalue weighted by Crippen LogP contribution is -2.43. The van der Waals surface area contributed by atoms with E-state index in [0.717, 1.165) is 42.8 Å². The number of esters is 1. The minimum Gasteiger partial charge on any atom is -0.497 e. The van der Waals surface area contributed by atoms with Gasteiger partial charge in [-0.2, -0.15) is 5.10 Å². The molecule has 0 unspecified atom stereocenters. The highest BCUT2D eigenvalue weighted by molar-refractivity contribution is 5.95. The summed E-state index contributed by atoms with van der Waals surface area (Å²) >= 11 is 0. The molecule has 7 nitrogen and oxygen atoms in total. The molecule has 0 radical (unpaired) electrons. The summed E-state index contributed by atoms with van der Waals surface area (Å²) in [6.45, 7) is 5.29. The van der Waals surface area contributed by atoms with Crippen LogP contribution in [0.4, 0.5) is 0 Å². The Balaban J connectivity index is 1.84. The second-order valence-electron chi connectivity index (χ2n) is 7.21. The van der Waals surface area contributed by atoms with Gasteiger partial charge in [0, 0.05) is 13.1 Å². The smallest absolute Gasteiger partial charge is 0.310 e. The van der Waals surface area contributed by atoms with Gasteiger partial charge in [0.05, 0.1) is 42.8 Å². The van der Waals surface area contributed by atoms with Crippen molar-refractivity contribution in [3.8, 4) is 11.4 Å². The molecule has 1 aliphatic rings. The number of methoxy groups -OCH3 is 1. The van der Waals surface area contributed by atoms with E-state index < -0.39 is 0 Å². The standard InChI is InChI=1S/C22H29N3O4/c1-4-7-20-19(14-23-25(20)17-9-11-18(28-3)12-10-17)21(26)24-13-6-8-16(15-24)22(27)29-5-2/h9-12,14,16H,4-8,13,15H2,1-3H3/t16-/m1/s1. The minimum atomic E-state index is -0.251. The number of rotatable bonds is 7. The molecule has 0 N–H and O–H groups in total. The first-order valence-electron chi connectivity index (χ1n) is 10.3. The van der Waals surface area contributed by atoms with Crippen molar-refractivity contribution < 1.29 is 19.1 Å². The van der Waals surface area contributed by atoms with Crippen LogP contribution in [0.25, 0.3) is 5.69 Å². The van der Waals surface area contributed by atoms with Gasteiger partial charge in [0.2, 0.25) is 0 Å². The van der Waals surface area contributed by atoms with Crippen LogP contribution in [0.15, 0.2) is 30.5 Å². The van der Waals surface area contributed by atoms with Crippen molar-refractivity contribution >= 4 is 11.9 Å². The Labute approximate surface area is 171 Å². The highest BCUT2D eigenvalue weighted by Crippen LogP contribution is 2.24. The fourth-order valence-corrected chi connectivity index (χ4v) is 3.76. The molecule has 2 aromatic rings. The molecule has 0 saturated carbocycles. The van der Waals surface area contributed by atoms with Crippen LogP contribution in [0.5, 0.6) is 5.75 Å². The lowest BCUT2D eigenvalue weighted by atomic mass is 9.97. The third-order valence-corrected chi connectivity index (χ3v) is 5.23. The van der Waals surface area contributed by atoms with Crippen LogP contribution in [-0.4, -0.2) is 53.4 Å². The van der Waals surface area contributed by atoms with Crippen molar-refractivity contribution in [3.63, 3.8) is 0 Å². The van der Waals surface area contributed by atoms with Gasteiger partial charge in [0.15, 0.2) is 0 Å². The third-order valence-electron chi connectivity index (χ3n) is 5.23. The molecule has 3 rings (SSSR count). The summed E-state index contributed by atoms with van der Waals surface area (Å²) in [5.41, 5.74) is 2.38. The average molecular weight is 399 g/mol. The Kier molecular flexibility index (Phi) is 6.90. The van der Waals surface area contributed by atoms with Crippen LogP contribution in [0.3, 0.4) is 0 Å². The fraction of sp³-hybridized carbons (Fsp3) is 0.500. The maximum absolute atomic E-state index is 13.3. The summed E-state index contributed by atoms with van der Waals surface area (Å²) in [4.78, 5) is 27.2. The van der Waals surface area contributed by atoms with Gasteiger partial charge in [-0.15, -0.1) is 0 Å². The number of nitrogens with zero attached hydrogens (tertiary/aromatic N) is 3. The zero-order chi connectivity index (χ0) is 20.8. The second kappa shape index (κ2) is 9.58. The van der Waals surface area contributed by atoms with E-state index in [1.807, 2.05) is 28.9 Å². The molecule has 0 aliphatic carbocycles. The van der Waals surface area contributed by atoms with Gasteiger partial charge in [0.25, 0.3) is 5.91 Å². The van der Waals surface area contributed by atoms with Crippen LogP contribution in [0, 0.1) is 5.92 Å². The van der Waals surface area contributed by atoms with Crippen LogP contribution < -0.4 is 4.74 Å². The van der Waals surface area contributed by atoms with E-state index in [2.05, 4.69) is 12.0 Å². The third kappa shape index (κ3) is 4.60. The zero-order valence-corrected chi connectivity index (χ0v) is 17.4. The van der Waals surface area contributed by atoms with Gasteiger partial charge in [-0.05, 0) is 50.5 Å². The normalized spacial score (nSPS) is 16.5. The van der Waals surface area contributed by atoms with E-state index in [4.69, 9.17) is 9.47 Å². The Morgan fingerprint density at radius 3 is 2.62 bits per heavy atom. The number of piperidine rings is 1. The monoisotopic (exact) mass is 399 g/mol. The summed E-state index contributed by atoms with van der Waals surface area (Å²) in [5.74, 6) is 0.237. The SMILES string of the molecule is CCCc1c(C(=O)N2CCC[C@@H](C(=O)OCC)C2)cnn1-c1ccc(OC)cc1. The van der Waals surface area contributed by atoms with Crippen molar-refractivity contribution in [1.29, 1.82) is 0 Å². The molecule has 0 bridgehead atoms. The molecule has 1 atom stereocenters. The van der Waals surface area contributed by atoms with E-state index in [1.165, 1.54) is 0 Å². The topological polar surface area (TPSA) is 73.7 Å². The van der Waals surface area contributed by atoms with Crippen molar-refractivity contribution in [2.45, 2.75) is 39.5 Å². The number of benzene rings is 1. The van der Waals surface area contributed by atoms with Gasteiger partial charge in [-0.25, -0.2) is 4.68 Å². The van der Waals surface area contributed by atoms with Crippen LogP contribution in [0.2, 0.25) is 0 Å². The lowest BCUT2D eigenvalue weighted by molar-refractivity contribution is -0.149. The van der Waals surface area contributed by atoms with Gasteiger partial charge in [-0.1, -0.05) is 13.3 Å². The number of amides is 1. The first-order valence-corrected chi connectivity index (χ1v) is 10.3. The summed E-state index contributed by atoms with van der Waals surface area (Å²) in [5, 5.41) is 4.50. The predicted molar refractivity (Wildman–Crippen MR) is 109 cm³/mol. The van der Waals surface area contributed by atoms with E-state index in [9.17, 15) is 9.59 Å². The van der Waals surface area contributed by atoms with E-state index in [0.29, 0.717) is 25.3 Å². The van der Waals surface area contributed by atoms with Gasteiger partial charge < -0.3 is 14.4 Å². The van der Waals surface area contributed by atoms with Crippen LogP contribution in [-0.2, 0) is 16.0 Å². The first kappa shape index (κ1) is 20.9. The van der Waals surface area contributed by atoms with Gasteiger partial charge in [0.1, 0.15) is 5.75 Å². The summed E-state index contributed by atoms with van der Waals surface area (Å²) in [7, 11) is 1.63. The molecule has 7 heteroatoms. The number of carbonyl (C=O) groups excluding carboxylic acids is 2. The molecular weight excluding hydrogens is 370 g/mol. The second-order valence-corrected chi connectivity index (χ2v) is 7.21. The van der Waals surface area contributed by atoms with Gasteiger partial charge >= 0.3 is 5.97 Å². The molecule has 1 aromatic carbocycles. The Bertz CT molecular complexity index is 844. The Morgan fingerprint density at radius 1 is 1.21 bits per heavy atom. The number of aromatic nitrogens is 2. The molecule has 1 fully saturated rings. The molecule has 156 valence electrons. The van der Waals surface area contributed by atoms with Crippen molar-refractivity contribution in [2.24, 2.45) is 5.92 Å². The molecule has 1 saturated heterocycles. The summed E-state index contributed by atoms with van der Waals surface area (Å²) < 4.78 is 12.2. The molecule has 1 aromatic heterocycles. The summed E-state index contributed by atoms with van der Waals surface area (Å²) in [6.07, 6.45) is 4.84. The maximum Gasteiger partial charge on any atom is 0.310 e. The molecule has 1 amide bonds. The number of hydrogen-bond donors (Lipinski definition) is 0. The maximum atomic E-state index is 13.3. The highest BCUT2D eigenvalue weighted by atomic mass is 16.5. The largest absolute Gasteiger partial charge is 0.497 e. The van der Waals surface area contributed by atoms with Crippen molar-refractivity contribution in [1.82, 2.24) is 14.7 Å². The lowest BCUT2D eigenvalue weighted by Gasteiger charge is -2.31. The number of carbonyl (C=O) groups is 2. The molecule has 0 spiro atoms. The fourth-order valence-electron chi connectivity index (χ4n) is 3.76. The van der Waals surface area contributed by atoms with E-state index >= 15 is 0 Å². The van der Waals surface area contributed by atoms with Crippen LogP contribution >= 0.6 is 0 Å². The number of ether oxygens (including phenoxy) is 2. The molecule has 1 aliphatic heterocycles. The summed E-state index contributed by atoms with van der Waals surface area (Å²) in [6, 6.07) is 7.61. The quantitative estimate of drug-likeness (QED) is 0.668. The average Bonchev–Trinajstić information content (AvgIpc) is 3.17. The molecule has 29 heavy (non-hydrogen) atoms. The number of likely N-dealkylation sites (tertiary alicyclic amines) is 1. The van der Waals surface area contributed by atoms with Gasteiger partial charge in [-0.3, -0.25) is 9.59 Å². The molecule has 2 heterocycles. The van der Waals surface area contributed by atoms with E-state index in [-0.39, 0.29) is 17.8 Å². The first-order chi connectivity index (χ1) is 14.1. The van der Waals surface area contributed by atoms with Crippen molar-refractivity contribution in [3.05, 3.63) is 41.7 Å².